The summed E-state index contributed by atoms with van der Waals surface area (Å²) in [4.78, 5) is 10.9. The van der Waals surface area contributed by atoms with Crippen LogP contribution in [0, 0.1) is 5.82 Å². The summed E-state index contributed by atoms with van der Waals surface area (Å²) in [6.45, 7) is 1.84. The maximum atomic E-state index is 13.1. The van der Waals surface area contributed by atoms with Crippen LogP contribution in [-0.4, -0.2) is 24.8 Å². The van der Waals surface area contributed by atoms with Crippen LogP contribution in [0.25, 0.3) is 0 Å². The number of carbonyl (C=O) groups is 1. The van der Waals surface area contributed by atoms with Crippen molar-refractivity contribution in [3.63, 3.8) is 0 Å². The fraction of sp³-hybridized carbons (Fsp3) is 0.462. The second-order valence-electron chi connectivity index (χ2n) is 3.89. The monoisotopic (exact) mass is 256 g/mol. The van der Waals surface area contributed by atoms with Crippen LogP contribution in [0.15, 0.2) is 18.2 Å². The lowest BCUT2D eigenvalue weighted by atomic mass is 10.1. The molecule has 0 amide bonds. The van der Waals surface area contributed by atoms with Crippen LogP contribution in [0.3, 0.4) is 0 Å². The first kappa shape index (κ1) is 14.4. The zero-order chi connectivity index (χ0) is 13.5. The Morgan fingerprint density at radius 1 is 1.50 bits per heavy atom. The summed E-state index contributed by atoms with van der Waals surface area (Å²) in [5, 5.41) is 9.50. The Kier molecular flexibility index (Phi) is 5.58. The van der Waals surface area contributed by atoms with Crippen LogP contribution in [0.4, 0.5) is 4.39 Å². The quantitative estimate of drug-likeness (QED) is 0.626. The van der Waals surface area contributed by atoms with Gasteiger partial charge in [-0.1, -0.05) is 0 Å². The maximum Gasteiger partial charge on any atom is 0.305 e. The SMILES string of the molecule is COC(=O)CCCOc1cc(F)ccc1C(C)O. The van der Waals surface area contributed by atoms with Crippen molar-refractivity contribution in [2.45, 2.75) is 25.9 Å². The summed E-state index contributed by atoms with van der Waals surface area (Å²) >= 11 is 0. The van der Waals surface area contributed by atoms with E-state index in [0.29, 0.717) is 17.7 Å². The molecular weight excluding hydrogens is 239 g/mol. The van der Waals surface area contributed by atoms with E-state index in [9.17, 15) is 14.3 Å². The molecule has 1 N–H and O–H groups in total. The molecule has 0 heterocycles. The Morgan fingerprint density at radius 2 is 2.22 bits per heavy atom. The smallest absolute Gasteiger partial charge is 0.305 e. The highest BCUT2D eigenvalue weighted by molar-refractivity contribution is 5.69. The average molecular weight is 256 g/mol. The Hall–Kier alpha value is -1.62. The van der Waals surface area contributed by atoms with Gasteiger partial charge in [0.25, 0.3) is 0 Å². The molecule has 1 aromatic carbocycles. The third-order valence-corrected chi connectivity index (χ3v) is 2.44. The van der Waals surface area contributed by atoms with Gasteiger partial charge >= 0.3 is 5.97 Å². The van der Waals surface area contributed by atoms with E-state index in [1.165, 1.54) is 25.3 Å². The lowest BCUT2D eigenvalue weighted by Crippen LogP contribution is -2.06. The summed E-state index contributed by atoms with van der Waals surface area (Å²) in [5.41, 5.74) is 0.523. The minimum absolute atomic E-state index is 0.246. The molecule has 0 fully saturated rings. The molecule has 0 saturated carbocycles. The highest BCUT2D eigenvalue weighted by atomic mass is 19.1. The van der Waals surface area contributed by atoms with Gasteiger partial charge in [0.05, 0.1) is 19.8 Å². The molecular formula is C13H17FO4. The van der Waals surface area contributed by atoms with E-state index in [-0.39, 0.29) is 19.0 Å². The minimum Gasteiger partial charge on any atom is -0.493 e. The molecule has 1 atom stereocenters. The number of aliphatic hydroxyl groups is 1. The van der Waals surface area contributed by atoms with Gasteiger partial charge in [0.1, 0.15) is 11.6 Å². The molecule has 0 radical (unpaired) electrons. The summed E-state index contributed by atoms with van der Waals surface area (Å²) < 4.78 is 22.9. The van der Waals surface area contributed by atoms with E-state index in [4.69, 9.17) is 4.74 Å². The molecule has 1 aromatic rings. The second-order valence-corrected chi connectivity index (χ2v) is 3.89. The van der Waals surface area contributed by atoms with Crippen LogP contribution >= 0.6 is 0 Å². The lowest BCUT2D eigenvalue weighted by Gasteiger charge is -2.13. The Morgan fingerprint density at radius 3 is 2.83 bits per heavy atom. The first-order valence-corrected chi connectivity index (χ1v) is 5.71. The van der Waals surface area contributed by atoms with Gasteiger partial charge in [-0.05, 0) is 25.5 Å². The lowest BCUT2D eigenvalue weighted by molar-refractivity contribution is -0.140. The van der Waals surface area contributed by atoms with Gasteiger partial charge in [-0.15, -0.1) is 0 Å². The number of esters is 1. The molecule has 4 nitrogen and oxygen atoms in total. The number of hydrogen-bond donors (Lipinski definition) is 1. The molecule has 0 saturated heterocycles. The Balaban J connectivity index is 2.55. The highest BCUT2D eigenvalue weighted by Gasteiger charge is 2.10. The number of benzene rings is 1. The maximum absolute atomic E-state index is 13.1. The van der Waals surface area contributed by atoms with Gasteiger partial charge in [-0.25, -0.2) is 4.39 Å². The van der Waals surface area contributed by atoms with E-state index >= 15 is 0 Å². The van der Waals surface area contributed by atoms with E-state index in [0.717, 1.165) is 0 Å². The van der Waals surface area contributed by atoms with Gasteiger partial charge in [-0.2, -0.15) is 0 Å². The van der Waals surface area contributed by atoms with E-state index < -0.39 is 11.9 Å². The summed E-state index contributed by atoms with van der Waals surface area (Å²) in [5.74, 6) is -0.439. The molecule has 5 heteroatoms. The number of aliphatic hydroxyl groups excluding tert-OH is 1. The van der Waals surface area contributed by atoms with Crippen molar-refractivity contribution in [2.24, 2.45) is 0 Å². The fourth-order valence-electron chi connectivity index (χ4n) is 1.48. The van der Waals surface area contributed by atoms with Crippen molar-refractivity contribution in [1.29, 1.82) is 0 Å². The van der Waals surface area contributed by atoms with E-state index in [2.05, 4.69) is 4.74 Å². The van der Waals surface area contributed by atoms with Crippen molar-refractivity contribution in [3.8, 4) is 5.75 Å². The van der Waals surface area contributed by atoms with Gasteiger partial charge < -0.3 is 14.6 Å². The highest BCUT2D eigenvalue weighted by Crippen LogP contribution is 2.26. The van der Waals surface area contributed by atoms with Crippen LogP contribution in [0.5, 0.6) is 5.75 Å². The van der Waals surface area contributed by atoms with Gasteiger partial charge in [0.15, 0.2) is 0 Å². The van der Waals surface area contributed by atoms with Crippen LogP contribution in [0.1, 0.15) is 31.4 Å². The summed E-state index contributed by atoms with van der Waals surface area (Å²) in [6.07, 6.45) is -0.0145. The number of methoxy groups -OCH3 is 1. The fourth-order valence-corrected chi connectivity index (χ4v) is 1.48. The molecule has 0 aromatic heterocycles. The zero-order valence-electron chi connectivity index (χ0n) is 10.5. The normalized spacial score (nSPS) is 12.0. The number of ether oxygens (including phenoxy) is 2. The standard InChI is InChI=1S/C13H17FO4/c1-9(15)11-6-5-10(14)8-12(11)18-7-3-4-13(16)17-2/h5-6,8-9,15H,3-4,7H2,1-2H3. The molecule has 0 bridgehead atoms. The minimum atomic E-state index is -0.735. The topological polar surface area (TPSA) is 55.8 Å². The van der Waals surface area contributed by atoms with Crippen molar-refractivity contribution in [2.75, 3.05) is 13.7 Å². The number of hydrogen-bond acceptors (Lipinski definition) is 4. The molecule has 0 aliphatic carbocycles. The second kappa shape index (κ2) is 6.96. The molecule has 1 unspecified atom stereocenters. The van der Waals surface area contributed by atoms with Crippen molar-refractivity contribution >= 4 is 5.97 Å². The largest absolute Gasteiger partial charge is 0.493 e. The van der Waals surface area contributed by atoms with Crippen LogP contribution < -0.4 is 4.74 Å². The molecule has 0 aliphatic rings. The third-order valence-electron chi connectivity index (χ3n) is 2.44. The number of rotatable bonds is 6. The number of halogens is 1. The Bertz CT molecular complexity index is 404. The average Bonchev–Trinajstić information content (AvgIpc) is 2.34. The Labute approximate surface area is 105 Å². The summed E-state index contributed by atoms with van der Waals surface area (Å²) in [6, 6.07) is 3.97. The number of carbonyl (C=O) groups excluding carboxylic acids is 1. The van der Waals surface area contributed by atoms with Crippen molar-refractivity contribution < 1.29 is 23.8 Å². The van der Waals surface area contributed by atoms with Gasteiger partial charge in [-0.3, -0.25) is 4.79 Å². The third kappa shape index (κ3) is 4.33. The first-order valence-electron chi connectivity index (χ1n) is 5.71. The van der Waals surface area contributed by atoms with Crippen LogP contribution in [0.2, 0.25) is 0 Å². The predicted molar refractivity (Wildman–Crippen MR) is 63.8 cm³/mol. The predicted octanol–water partition coefficient (Wildman–Crippen LogP) is 2.21. The zero-order valence-corrected chi connectivity index (χ0v) is 10.5. The van der Waals surface area contributed by atoms with Gasteiger partial charge in [0.2, 0.25) is 0 Å². The molecule has 1 rings (SSSR count). The van der Waals surface area contributed by atoms with Crippen LogP contribution in [-0.2, 0) is 9.53 Å². The van der Waals surface area contributed by atoms with Gasteiger partial charge in [0, 0.05) is 18.1 Å². The van der Waals surface area contributed by atoms with Crippen molar-refractivity contribution in [1.82, 2.24) is 0 Å². The van der Waals surface area contributed by atoms with Crippen molar-refractivity contribution in [3.05, 3.63) is 29.6 Å². The van der Waals surface area contributed by atoms with E-state index in [1.807, 2.05) is 0 Å². The first-order chi connectivity index (χ1) is 8.54. The molecule has 0 aliphatic heterocycles. The molecule has 0 spiro atoms. The molecule has 18 heavy (non-hydrogen) atoms. The summed E-state index contributed by atoms with van der Waals surface area (Å²) in [7, 11) is 1.32. The van der Waals surface area contributed by atoms with E-state index in [1.54, 1.807) is 6.92 Å². The molecule has 100 valence electrons.